The van der Waals surface area contributed by atoms with Crippen molar-refractivity contribution in [3.63, 3.8) is 0 Å². The molecule has 0 amide bonds. The fourth-order valence-corrected chi connectivity index (χ4v) is 1.48. The van der Waals surface area contributed by atoms with Crippen molar-refractivity contribution in [3.05, 3.63) is 23.8 Å². The summed E-state index contributed by atoms with van der Waals surface area (Å²) in [5.74, 6) is 0.934. The quantitative estimate of drug-likeness (QED) is 0.771. The fourth-order valence-electron chi connectivity index (χ4n) is 1.48. The topological polar surface area (TPSA) is 41.1 Å². The van der Waals surface area contributed by atoms with Crippen LogP contribution in [0.2, 0.25) is 0 Å². The van der Waals surface area contributed by atoms with Gasteiger partial charge in [-0.25, -0.2) is 9.97 Å². The van der Waals surface area contributed by atoms with Crippen molar-refractivity contribution in [2.75, 3.05) is 20.6 Å². The van der Waals surface area contributed by atoms with Gasteiger partial charge in [-0.15, -0.1) is 0 Å². The molecule has 1 aromatic heterocycles. The second kappa shape index (κ2) is 5.37. The summed E-state index contributed by atoms with van der Waals surface area (Å²) in [6.45, 7) is 1.90. The van der Waals surface area contributed by atoms with E-state index in [-0.39, 0.29) is 0 Å². The van der Waals surface area contributed by atoms with E-state index in [9.17, 15) is 0 Å². The normalized spacial score (nSPS) is 15.7. The zero-order valence-corrected chi connectivity index (χ0v) is 10.1. The van der Waals surface area contributed by atoms with Crippen LogP contribution >= 0.6 is 0 Å². The molecule has 0 spiro atoms. The van der Waals surface area contributed by atoms with Crippen molar-refractivity contribution >= 4 is 0 Å². The van der Waals surface area contributed by atoms with Crippen LogP contribution in [0.25, 0.3) is 0 Å². The third-order valence-electron chi connectivity index (χ3n) is 2.71. The molecule has 4 nitrogen and oxygen atoms in total. The Hall–Kier alpha value is -1.00. The highest BCUT2D eigenvalue weighted by atomic mass is 15.1. The molecule has 16 heavy (non-hydrogen) atoms. The predicted octanol–water partition coefficient (Wildman–Crippen LogP) is 0.833. The molecule has 0 bridgehead atoms. The summed E-state index contributed by atoms with van der Waals surface area (Å²) in [6.07, 6.45) is 7.44. The van der Waals surface area contributed by atoms with Gasteiger partial charge >= 0.3 is 0 Å². The Balaban J connectivity index is 1.78. The van der Waals surface area contributed by atoms with Gasteiger partial charge in [-0.1, -0.05) is 0 Å². The monoisotopic (exact) mass is 220 g/mol. The number of hydrogen-bond donors (Lipinski definition) is 1. The predicted molar refractivity (Wildman–Crippen MR) is 64.2 cm³/mol. The summed E-state index contributed by atoms with van der Waals surface area (Å²) >= 11 is 0. The van der Waals surface area contributed by atoms with E-state index in [1.54, 1.807) is 0 Å². The third-order valence-corrected chi connectivity index (χ3v) is 2.71. The van der Waals surface area contributed by atoms with Crippen LogP contribution < -0.4 is 5.32 Å². The Kier molecular flexibility index (Phi) is 3.85. The van der Waals surface area contributed by atoms with Gasteiger partial charge in [0.05, 0.1) is 0 Å². The van der Waals surface area contributed by atoms with Crippen LogP contribution in [-0.4, -0.2) is 41.5 Å². The van der Waals surface area contributed by atoms with Gasteiger partial charge < -0.3 is 10.2 Å². The van der Waals surface area contributed by atoms with E-state index in [1.165, 1.54) is 18.4 Å². The standard InChI is InChI=1S/C12H20N4/c1-16(2)6-5-12-14-8-10(9-15-12)7-13-11-3-4-11/h8-9,11,13H,3-7H2,1-2H3. The van der Waals surface area contributed by atoms with Crippen LogP contribution in [0.3, 0.4) is 0 Å². The average molecular weight is 220 g/mol. The van der Waals surface area contributed by atoms with Gasteiger partial charge in [0, 0.05) is 43.5 Å². The van der Waals surface area contributed by atoms with Crippen LogP contribution in [0.4, 0.5) is 0 Å². The Bertz CT molecular complexity index is 291. The van der Waals surface area contributed by atoms with E-state index in [4.69, 9.17) is 0 Å². The van der Waals surface area contributed by atoms with Crippen molar-refractivity contribution in [1.29, 1.82) is 0 Å². The minimum absolute atomic E-state index is 0.744. The zero-order chi connectivity index (χ0) is 11.4. The Labute approximate surface area is 97.1 Å². The maximum absolute atomic E-state index is 4.37. The summed E-state index contributed by atoms with van der Waals surface area (Å²) in [6, 6.07) is 0.744. The molecule has 0 atom stereocenters. The van der Waals surface area contributed by atoms with E-state index in [0.29, 0.717) is 0 Å². The maximum atomic E-state index is 4.37. The lowest BCUT2D eigenvalue weighted by atomic mass is 10.3. The molecule has 1 N–H and O–H groups in total. The zero-order valence-electron chi connectivity index (χ0n) is 10.1. The van der Waals surface area contributed by atoms with Crippen LogP contribution in [0.15, 0.2) is 12.4 Å². The molecular weight excluding hydrogens is 200 g/mol. The van der Waals surface area contributed by atoms with Crippen molar-refractivity contribution < 1.29 is 0 Å². The summed E-state index contributed by atoms with van der Waals surface area (Å²) in [5.41, 5.74) is 1.18. The molecule has 4 heteroatoms. The SMILES string of the molecule is CN(C)CCc1ncc(CNC2CC2)cn1. The van der Waals surface area contributed by atoms with Gasteiger partial charge in [0.2, 0.25) is 0 Å². The van der Waals surface area contributed by atoms with Gasteiger partial charge in [-0.05, 0) is 26.9 Å². The maximum Gasteiger partial charge on any atom is 0.129 e. The van der Waals surface area contributed by atoms with Crippen LogP contribution in [0, 0.1) is 0 Å². The summed E-state index contributed by atoms with van der Waals surface area (Å²) < 4.78 is 0. The average Bonchev–Trinajstić information content (AvgIpc) is 3.09. The van der Waals surface area contributed by atoms with Crippen molar-refractivity contribution in [2.45, 2.75) is 31.8 Å². The molecule has 1 heterocycles. The van der Waals surface area contributed by atoms with E-state index >= 15 is 0 Å². The smallest absolute Gasteiger partial charge is 0.129 e. The molecule has 0 unspecified atom stereocenters. The minimum atomic E-state index is 0.744. The van der Waals surface area contributed by atoms with Crippen molar-refractivity contribution in [3.8, 4) is 0 Å². The number of rotatable bonds is 6. The summed E-state index contributed by atoms with van der Waals surface area (Å²) in [7, 11) is 4.13. The molecule has 0 aromatic carbocycles. The highest BCUT2D eigenvalue weighted by molar-refractivity contribution is 5.05. The third kappa shape index (κ3) is 3.87. The molecule has 1 aromatic rings. The van der Waals surface area contributed by atoms with Gasteiger partial charge in [-0.2, -0.15) is 0 Å². The number of aromatic nitrogens is 2. The molecule has 0 aliphatic heterocycles. The summed E-state index contributed by atoms with van der Waals surface area (Å²) in [4.78, 5) is 10.9. The minimum Gasteiger partial charge on any atom is -0.310 e. The highest BCUT2D eigenvalue weighted by Crippen LogP contribution is 2.18. The molecule has 0 saturated heterocycles. The van der Waals surface area contributed by atoms with Crippen LogP contribution in [-0.2, 0) is 13.0 Å². The lowest BCUT2D eigenvalue weighted by Crippen LogP contribution is -2.17. The second-order valence-electron chi connectivity index (χ2n) is 4.72. The van der Waals surface area contributed by atoms with Crippen molar-refractivity contribution in [1.82, 2.24) is 20.2 Å². The molecule has 1 saturated carbocycles. The van der Waals surface area contributed by atoms with E-state index < -0.39 is 0 Å². The first-order valence-corrected chi connectivity index (χ1v) is 5.92. The Morgan fingerprint density at radius 2 is 2.00 bits per heavy atom. The van der Waals surface area contributed by atoms with Gasteiger partial charge in [-0.3, -0.25) is 0 Å². The number of nitrogens with one attached hydrogen (secondary N) is 1. The largest absolute Gasteiger partial charge is 0.310 e. The van der Waals surface area contributed by atoms with E-state index in [1.807, 2.05) is 12.4 Å². The van der Waals surface area contributed by atoms with Gasteiger partial charge in [0.25, 0.3) is 0 Å². The second-order valence-corrected chi connectivity index (χ2v) is 4.72. The first-order valence-electron chi connectivity index (χ1n) is 5.92. The fraction of sp³-hybridized carbons (Fsp3) is 0.667. The highest BCUT2D eigenvalue weighted by Gasteiger charge is 2.19. The van der Waals surface area contributed by atoms with Crippen LogP contribution in [0.5, 0.6) is 0 Å². The van der Waals surface area contributed by atoms with Crippen molar-refractivity contribution in [2.24, 2.45) is 0 Å². The lowest BCUT2D eigenvalue weighted by Gasteiger charge is -2.08. The first kappa shape index (κ1) is 11.5. The molecule has 88 valence electrons. The number of hydrogen-bond acceptors (Lipinski definition) is 4. The number of likely N-dealkylation sites (N-methyl/N-ethyl adjacent to an activating group) is 1. The van der Waals surface area contributed by atoms with Gasteiger partial charge in [0.15, 0.2) is 0 Å². The summed E-state index contributed by atoms with van der Waals surface area (Å²) in [5, 5.41) is 3.45. The van der Waals surface area contributed by atoms with Crippen LogP contribution in [0.1, 0.15) is 24.2 Å². The first-order chi connectivity index (χ1) is 7.74. The molecular formula is C12H20N4. The molecule has 1 aliphatic carbocycles. The lowest BCUT2D eigenvalue weighted by molar-refractivity contribution is 0.409. The molecule has 2 rings (SSSR count). The molecule has 1 fully saturated rings. The number of nitrogens with zero attached hydrogens (tertiary/aromatic N) is 3. The molecule has 0 radical (unpaired) electrons. The van der Waals surface area contributed by atoms with E-state index in [2.05, 4.69) is 34.3 Å². The molecule has 1 aliphatic rings. The van der Waals surface area contributed by atoms with Gasteiger partial charge in [0.1, 0.15) is 5.82 Å². The Morgan fingerprint density at radius 3 is 2.56 bits per heavy atom. The Morgan fingerprint density at radius 1 is 1.31 bits per heavy atom. The van der Waals surface area contributed by atoms with E-state index in [0.717, 1.165) is 31.4 Å².